The number of nitro benzene ring substituents is 1. The first-order valence-corrected chi connectivity index (χ1v) is 13.9. The Hall–Kier alpha value is -3.53. The molecule has 1 fully saturated rings. The van der Waals surface area contributed by atoms with Crippen molar-refractivity contribution in [1.82, 2.24) is 10.2 Å². The summed E-state index contributed by atoms with van der Waals surface area (Å²) in [7, 11) is 0. The number of hydrogen-bond acceptors (Lipinski definition) is 6. The smallest absolute Gasteiger partial charge is 0.329 e. The Morgan fingerprint density at radius 2 is 1.82 bits per heavy atom. The molecule has 3 aromatic rings. The quantitative estimate of drug-likeness (QED) is 0.0980. The zero-order chi connectivity index (χ0) is 28.1. The molecule has 1 aliphatic heterocycles. The molecule has 4 rings (SSSR count). The van der Waals surface area contributed by atoms with Gasteiger partial charge >= 0.3 is 6.03 Å². The normalized spacial score (nSPS) is 13.9. The van der Waals surface area contributed by atoms with Crippen LogP contribution in [0.15, 0.2) is 66.4 Å². The fraction of sp³-hybridized carbons (Fsp3) is 0.148. The minimum Gasteiger partial charge on any atom is -0.487 e. The highest BCUT2D eigenvalue weighted by Gasteiger charge is 2.35. The van der Waals surface area contributed by atoms with Crippen molar-refractivity contribution >= 4 is 80.5 Å². The van der Waals surface area contributed by atoms with Crippen LogP contribution in [-0.2, 0) is 22.6 Å². The minimum absolute atomic E-state index is 0.0111. The van der Waals surface area contributed by atoms with Gasteiger partial charge < -0.3 is 15.4 Å². The second kappa shape index (κ2) is 12.5. The molecule has 0 spiro atoms. The average molecular weight is 752 g/mol. The number of benzene rings is 3. The molecule has 0 unspecified atom stereocenters. The monoisotopic (exact) mass is 752 g/mol. The summed E-state index contributed by atoms with van der Waals surface area (Å²) < 4.78 is 7.43. The van der Waals surface area contributed by atoms with Gasteiger partial charge in [-0.2, -0.15) is 0 Å². The molecule has 0 saturated carbocycles. The van der Waals surface area contributed by atoms with E-state index in [1.807, 2.05) is 19.1 Å². The number of anilines is 1. The first kappa shape index (κ1) is 28.5. The summed E-state index contributed by atoms with van der Waals surface area (Å²) in [5.74, 6) is -0.484. The third-order valence-corrected chi connectivity index (χ3v) is 7.38. The van der Waals surface area contributed by atoms with Crippen LogP contribution in [0.1, 0.15) is 23.6 Å². The lowest BCUT2D eigenvalue weighted by Crippen LogP contribution is -2.38. The molecule has 0 atom stereocenters. The minimum atomic E-state index is -0.675. The molecule has 1 saturated heterocycles. The lowest BCUT2D eigenvalue weighted by atomic mass is 10.1. The second-order valence-corrected chi connectivity index (χ2v) is 10.8. The molecule has 4 amide bonds. The van der Waals surface area contributed by atoms with E-state index in [1.54, 1.807) is 42.5 Å². The van der Waals surface area contributed by atoms with Gasteiger partial charge in [0.15, 0.2) is 0 Å². The number of carbonyl (C=O) groups is 3. The summed E-state index contributed by atoms with van der Waals surface area (Å²) in [5.41, 5.74) is 2.94. The van der Waals surface area contributed by atoms with Gasteiger partial charge in [-0.05, 0) is 92.6 Å². The van der Waals surface area contributed by atoms with E-state index in [2.05, 4.69) is 55.8 Å². The van der Waals surface area contributed by atoms with Gasteiger partial charge in [-0.25, -0.2) is 9.69 Å². The van der Waals surface area contributed by atoms with Gasteiger partial charge in [0.05, 0.1) is 12.1 Å². The summed E-state index contributed by atoms with van der Waals surface area (Å²) in [6.07, 6.45) is 2.27. The number of halogens is 2. The maximum absolute atomic E-state index is 12.9. The Balaban J connectivity index is 1.44. The van der Waals surface area contributed by atoms with Crippen LogP contribution < -0.4 is 15.4 Å². The van der Waals surface area contributed by atoms with E-state index in [0.29, 0.717) is 22.6 Å². The molecule has 3 aromatic carbocycles. The maximum Gasteiger partial charge on any atom is 0.329 e. The third-order valence-electron chi connectivity index (χ3n) is 5.77. The number of nitro groups is 1. The molecule has 0 bridgehead atoms. The average Bonchev–Trinajstić information content (AvgIpc) is 3.15. The van der Waals surface area contributed by atoms with Gasteiger partial charge in [0.2, 0.25) is 5.91 Å². The van der Waals surface area contributed by atoms with E-state index in [0.717, 1.165) is 24.0 Å². The van der Waals surface area contributed by atoms with Crippen molar-refractivity contribution in [2.24, 2.45) is 0 Å². The van der Waals surface area contributed by atoms with Crippen LogP contribution in [0, 0.1) is 17.3 Å². The summed E-state index contributed by atoms with van der Waals surface area (Å²) >= 11 is 4.20. The topological polar surface area (TPSA) is 131 Å². The lowest BCUT2D eigenvalue weighted by Gasteiger charge is -2.13. The molecule has 0 aliphatic carbocycles. The molecule has 39 heavy (non-hydrogen) atoms. The van der Waals surface area contributed by atoms with Gasteiger partial charge in [0.25, 0.3) is 11.6 Å². The molecule has 0 radical (unpaired) electrons. The number of ether oxygens (including phenoxy) is 1. The van der Waals surface area contributed by atoms with Crippen molar-refractivity contribution < 1.29 is 24.0 Å². The van der Waals surface area contributed by atoms with Gasteiger partial charge in [0, 0.05) is 17.8 Å². The van der Waals surface area contributed by atoms with Crippen molar-refractivity contribution in [1.29, 1.82) is 0 Å². The standard InChI is InChI=1S/C27H22I2N4O6/c1-2-18-7-3-4-9-22(18)30-24(34)14-32-26(35)23(31-27(32)36)13-17-11-20(28)25(21(29)12-17)39-15-16-6-5-8-19(10-16)33(37)38/h3-13H,2,14-15H2,1H3,(H,30,34)(H,31,36)/b23-13+. The summed E-state index contributed by atoms with van der Waals surface area (Å²) in [6.45, 7) is 1.69. The highest BCUT2D eigenvalue weighted by Crippen LogP contribution is 2.31. The van der Waals surface area contributed by atoms with E-state index >= 15 is 0 Å². The van der Waals surface area contributed by atoms with E-state index < -0.39 is 29.3 Å². The van der Waals surface area contributed by atoms with Crippen LogP contribution >= 0.6 is 45.2 Å². The molecule has 10 nitrogen and oxygen atoms in total. The Morgan fingerprint density at radius 1 is 1.10 bits per heavy atom. The van der Waals surface area contributed by atoms with E-state index in [-0.39, 0.29) is 18.0 Å². The first-order valence-electron chi connectivity index (χ1n) is 11.7. The van der Waals surface area contributed by atoms with Crippen molar-refractivity contribution in [2.75, 3.05) is 11.9 Å². The zero-order valence-electron chi connectivity index (χ0n) is 20.6. The number of para-hydroxylation sites is 1. The SMILES string of the molecule is CCc1ccccc1NC(=O)CN1C(=O)N/C(=C/c2cc(I)c(OCc3cccc([N+](=O)[O-])c3)c(I)c2)C1=O. The number of nitrogens with one attached hydrogen (secondary N) is 2. The van der Waals surface area contributed by atoms with Gasteiger partial charge in [0.1, 0.15) is 24.6 Å². The maximum atomic E-state index is 12.9. The molecule has 12 heteroatoms. The number of hydrogen-bond donors (Lipinski definition) is 2. The Kier molecular flexibility index (Phi) is 9.16. The van der Waals surface area contributed by atoms with Crippen LogP contribution in [0.5, 0.6) is 5.75 Å². The summed E-state index contributed by atoms with van der Waals surface area (Å²) in [6, 6.07) is 16.5. The van der Waals surface area contributed by atoms with Gasteiger partial charge in [-0.15, -0.1) is 0 Å². The number of rotatable bonds is 9. The third kappa shape index (κ3) is 6.92. The Labute approximate surface area is 251 Å². The van der Waals surface area contributed by atoms with Crippen LogP contribution in [0.25, 0.3) is 6.08 Å². The lowest BCUT2D eigenvalue weighted by molar-refractivity contribution is -0.384. The fourth-order valence-corrected chi connectivity index (χ4v) is 6.01. The fourth-order valence-electron chi connectivity index (χ4n) is 3.88. The van der Waals surface area contributed by atoms with E-state index in [9.17, 15) is 24.5 Å². The molecule has 1 heterocycles. The first-order chi connectivity index (χ1) is 18.7. The molecule has 1 aliphatic rings. The summed E-state index contributed by atoms with van der Waals surface area (Å²) in [5, 5.41) is 16.3. The van der Waals surface area contributed by atoms with Crippen LogP contribution in [0.2, 0.25) is 0 Å². The zero-order valence-corrected chi connectivity index (χ0v) is 24.9. The van der Waals surface area contributed by atoms with Crippen molar-refractivity contribution in [3.63, 3.8) is 0 Å². The highest BCUT2D eigenvalue weighted by atomic mass is 127. The number of urea groups is 1. The van der Waals surface area contributed by atoms with Crippen molar-refractivity contribution in [3.05, 3.63) is 100 Å². The number of imide groups is 1. The molecular weight excluding hydrogens is 730 g/mol. The van der Waals surface area contributed by atoms with E-state index in [1.165, 1.54) is 12.1 Å². The van der Waals surface area contributed by atoms with Crippen LogP contribution in [-0.4, -0.2) is 34.2 Å². The number of carbonyl (C=O) groups excluding carboxylic acids is 3. The predicted octanol–water partition coefficient (Wildman–Crippen LogP) is 5.48. The number of non-ortho nitro benzene ring substituents is 1. The Morgan fingerprint density at radius 3 is 2.51 bits per heavy atom. The van der Waals surface area contributed by atoms with Gasteiger partial charge in [-0.1, -0.05) is 37.3 Å². The molecular formula is C27H22I2N4O6. The Bertz CT molecular complexity index is 1480. The number of amides is 4. The largest absolute Gasteiger partial charge is 0.487 e. The van der Waals surface area contributed by atoms with Crippen molar-refractivity contribution in [2.45, 2.75) is 20.0 Å². The van der Waals surface area contributed by atoms with Crippen LogP contribution in [0.4, 0.5) is 16.2 Å². The molecule has 2 N–H and O–H groups in total. The predicted molar refractivity (Wildman–Crippen MR) is 162 cm³/mol. The van der Waals surface area contributed by atoms with E-state index in [4.69, 9.17) is 4.74 Å². The second-order valence-electron chi connectivity index (χ2n) is 8.47. The van der Waals surface area contributed by atoms with Crippen LogP contribution in [0.3, 0.4) is 0 Å². The van der Waals surface area contributed by atoms with Crippen molar-refractivity contribution in [3.8, 4) is 5.75 Å². The number of aryl methyl sites for hydroxylation is 1. The van der Waals surface area contributed by atoms with Gasteiger partial charge in [-0.3, -0.25) is 19.7 Å². The highest BCUT2D eigenvalue weighted by molar-refractivity contribution is 14.1. The number of nitrogens with zero attached hydrogens (tertiary/aromatic N) is 2. The molecule has 0 aromatic heterocycles. The summed E-state index contributed by atoms with van der Waals surface area (Å²) in [4.78, 5) is 49.4. The molecule has 200 valence electrons.